The number of hydrogen-bond acceptors (Lipinski definition) is 4. The SMILES string of the molecule is CCc1c(F)c(F)c(NNC=C(C#N)C#N)c(F)c1F. The van der Waals surface area contributed by atoms with E-state index in [1.807, 2.05) is 10.9 Å². The number of anilines is 1. The van der Waals surface area contributed by atoms with Crippen molar-refractivity contribution in [2.45, 2.75) is 13.3 Å². The first-order valence-corrected chi connectivity index (χ1v) is 5.34. The number of nitrogens with one attached hydrogen (secondary N) is 2. The molecule has 0 aliphatic heterocycles. The lowest BCUT2D eigenvalue weighted by atomic mass is 10.1. The molecule has 0 saturated carbocycles. The zero-order valence-electron chi connectivity index (χ0n) is 10.2. The number of halogens is 4. The summed E-state index contributed by atoms with van der Waals surface area (Å²) in [4.78, 5) is 0. The van der Waals surface area contributed by atoms with Crippen LogP contribution in [0.1, 0.15) is 12.5 Å². The Morgan fingerprint density at radius 2 is 1.55 bits per heavy atom. The molecular weight excluding hydrogens is 276 g/mol. The molecule has 0 fully saturated rings. The van der Waals surface area contributed by atoms with E-state index in [0.717, 1.165) is 6.20 Å². The van der Waals surface area contributed by atoms with Crippen molar-refractivity contribution in [3.05, 3.63) is 40.6 Å². The minimum absolute atomic E-state index is 0.216. The Hall–Kier alpha value is -2.74. The zero-order chi connectivity index (χ0) is 15.3. The van der Waals surface area contributed by atoms with Crippen molar-refractivity contribution in [1.29, 1.82) is 10.5 Å². The first-order chi connectivity index (χ1) is 9.47. The van der Waals surface area contributed by atoms with Gasteiger partial charge in [-0.15, -0.1) is 0 Å². The van der Waals surface area contributed by atoms with Gasteiger partial charge in [0.15, 0.2) is 23.3 Å². The van der Waals surface area contributed by atoms with Crippen LogP contribution in [0.5, 0.6) is 0 Å². The fourth-order valence-electron chi connectivity index (χ4n) is 1.37. The van der Waals surface area contributed by atoms with Gasteiger partial charge in [-0.05, 0) is 6.42 Å². The highest BCUT2D eigenvalue weighted by molar-refractivity contribution is 5.49. The number of benzene rings is 1. The van der Waals surface area contributed by atoms with E-state index in [1.54, 1.807) is 0 Å². The minimum Gasteiger partial charge on any atom is -0.306 e. The Morgan fingerprint density at radius 3 is 1.95 bits per heavy atom. The molecule has 20 heavy (non-hydrogen) atoms. The van der Waals surface area contributed by atoms with Crippen molar-refractivity contribution in [2.75, 3.05) is 5.43 Å². The average molecular weight is 284 g/mol. The van der Waals surface area contributed by atoms with Crippen LogP contribution in [0, 0.1) is 45.9 Å². The second kappa shape index (κ2) is 6.43. The molecule has 1 aromatic rings. The first kappa shape index (κ1) is 15.3. The van der Waals surface area contributed by atoms with E-state index in [2.05, 4.69) is 0 Å². The number of nitrogens with zero attached hydrogens (tertiary/aromatic N) is 2. The summed E-state index contributed by atoms with van der Waals surface area (Å²) in [6.45, 7) is 1.35. The topological polar surface area (TPSA) is 71.6 Å². The Labute approximate surface area is 111 Å². The standard InChI is InChI=1S/C12H8F4N4/c1-2-7-8(13)10(15)12(11(16)9(7)14)20-19-5-6(3-17)4-18/h5,19-20H,2H2,1H3. The van der Waals surface area contributed by atoms with Gasteiger partial charge in [-0.25, -0.2) is 17.6 Å². The average Bonchev–Trinajstić information content (AvgIpc) is 2.45. The second-order valence-corrected chi connectivity index (χ2v) is 3.51. The van der Waals surface area contributed by atoms with Gasteiger partial charge >= 0.3 is 0 Å². The lowest BCUT2D eigenvalue weighted by Crippen LogP contribution is -2.19. The molecule has 0 aliphatic rings. The van der Waals surface area contributed by atoms with E-state index in [9.17, 15) is 17.6 Å². The van der Waals surface area contributed by atoms with Crippen molar-refractivity contribution >= 4 is 5.69 Å². The normalized spacial score (nSPS) is 9.35. The van der Waals surface area contributed by atoms with Crippen molar-refractivity contribution in [3.63, 3.8) is 0 Å². The third-order valence-corrected chi connectivity index (χ3v) is 2.36. The molecule has 4 nitrogen and oxygen atoms in total. The maximum absolute atomic E-state index is 13.5. The first-order valence-electron chi connectivity index (χ1n) is 5.34. The third kappa shape index (κ3) is 2.81. The van der Waals surface area contributed by atoms with E-state index in [0.29, 0.717) is 0 Å². The van der Waals surface area contributed by atoms with Gasteiger partial charge in [0.2, 0.25) is 0 Å². The van der Waals surface area contributed by atoms with Crippen LogP contribution in [-0.4, -0.2) is 0 Å². The highest BCUT2D eigenvalue weighted by Gasteiger charge is 2.24. The maximum atomic E-state index is 13.5. The number of hydrogen-bond donors (Lipinski definition) is 2. The Bertz CT molecular complexity index is 595. The zero-order valence-corrected chi connectivity index (χ0v) is 10.2. The van der Waals surface area contributed by atoms with Crippen molar-refractivity contribution in [1.82, 2.24) is 5.43 Å². The molecule has 0 aliphatic carbocycles. The van der Waals surface area contributed by atoms with E-state index in [-0.39, 0.29) is 6.42 Å². The summed E-state index contributed by atoms with van der Waals surface area (Å²) in [5.74, 6) is -6.20. The third-order valence-electron chi connectivity index (χ3n) is 2.36. The molecule has 104 valence electrons. The predicted octanol–water partition coefficient (Wildman–Crippen LogP) is 2.65. The van der Waals surface area contributed by atoms with Gasteiger partial charge in [0.1, 0.15) is 23.4 Å². The monoisotopic (exact) mass is 284 g/mol. The second-order valence-electron chi connectivity index (χ2n) is 3.51. The van der Waals surface area contributed by atoms with Gasteiger partial charge in [-0.3, -0.25) is 5.43 Å². The van der Waals surface area contributed by atoms with Gasteiger partial charge in [-0.1, -0.05) is 6.92 Å². The smallest absolute Gasteiger partial charge is 0.187 e. The minimum atomic E-state index is -1.60. The Balaban J connectivity index is 3.13. The quantitative estimate of drug-likeness (QED) is 0.386. The van der Waals surface area contributed by atoms with E-state index in [4.69, 9.17) is 10.5 Å². The lowest BCUT2D eigenvalue weighted by molar-refractivity contribution is 0.444. The highest BCUT2D eigenvalue weighted by atomic mass is 19.2. The van der Waals surface area contributed by atoms with E-state index in [1.165, 1.54) is 19.1 Å². The number of allylic oxidation sites excluding steroid dienone is 1. The fraction of sp³-hybridized carbons (Fsp3) is 0.167. The summed E-state index contributed by atoms with van der Waals surface area (Å²) in [7, 11) is 0. The van der Waals surface area contributed by atoms with Crippen LogP contribution in [0.3, 0.4) is 0 Å². The number of rotatable bonds is 4. The van der Waals surface area contributed by atoms with Crippen LogP contribution in [0.25, 0.3) is 0 Å². The molecule has 0 unspecified atom stereocenters. The summed E-state index contributed by atoms with van der Waals surface area (Å²) in [6, 6.07) is 2.94. The molecular formula is C12H8F4N4. The van der Waals surface area contributed by atoms with Crippen molar-refractivity contribution < 1.29 is 17.6 Å². The highest BCUT2D eigenvalue weighted by Crippen LogP contribution is 2.27. The van der Waals surface area contributed by atoms with Crippen LogP contribution in [0.4, 0.5) is 23.2 Å². The molecule has 0 amide bonds. The molecule has 0 saturated heterocycles. The van der Waals surface area contributed by atoms with Crippen LogP contribution in [0.15, 0.2) is 11.8 Å². The lowest BCUT2D eigenvalue weighted by Gasteiger charge is -2.12. The van der Waals surface area contributed by atoms with Crippen LogP contribution >= 0.6 is 0 Å². The molecule has 0 radical (unpaired) electrons. The van der Waals surface area contributed by atoms with E-state index < -0.39 is 40.1 Å². The molecule has 1 aromatic carbocycles. The van der Waals surface area contributed by atoms with Gasteiger partial charge in [0.05, 0.1) is 0 Å². The Kier molecular flexibility index (Phi) is 4.93. The van der Waals surface area contributed by atoms with Gasteiger partial charge < -0.3 is 5.43 Å². The molecule has 0 spiro atoms. The number of nitriles is 2. The largest absolute Gasteiger partial charge is 0.306 e. The summed E-state index contributed by atoms with van der Waals surface area (Å²) < 4.78 is 54.0. The predicted molar refractivity (Wildman–Crippen MR) is 61.7 cm³/mol. The summed E-state index contributed by atoms with van der Waals surface area (Å²) in [5, 5.41) is 16.8. The number of hydrazine groups is 1. The molecule has 0 heterocycles. The molecule has 0 bridgehead atoms. The van der Waals surface area contributed by atoms with Gasteiger partial charge in [-0.2, -0.15) is 10.5 Å². The van der Waals surface area contributed by atoms with Crippen LogP contribution in [-0.2, 0) is 6.42 Å². The maximum Gasteiger partial charge on any atom is 0.187 e. The summed E-state index contributed by atoms with van der Waals surface area (Å²) in [5.41, 5.74) is 1.68. The summed E-state index contributed by atoms with van der Waals surface area (Å²) in [6.07, 6.45) is 0.578. The molecule has 0 atom stereocenters. The van der Waals surface area contributed by atoms with Crippen molar-refractivity contribution in [3.8, 4) is 12.1 Å². The van der Waals surface area contributed by atoms with Gasteiger partial charge in [0, 0.05) is 11.8 Å². The summed E-state index contributed by atoms with van der Waals surface area (Å²) >= 11 is 0. The van der Waals surface area contributed by atoms with Crippen LogP contribution in [0.2, 0.25) is 0 Å². The Morgan fingerprint density at radius 1 is 1.05 bits per heavy atom. The van der Waals surface area contributed by atoms with Gasteiger partial charge in [0.25, 0.3) is 0 Å². The molecule has 0 aromatic heterocycles. The van der Waals surface area contributed by atoms with E-state index >= 15 is 0 Å². The molecule has 8 heteroatoms. The van der Waals surface area contributed by atoms with Crippen molar-refractivity contribution in [2.24, 2.45) is 0 Å². The fourth-order valence-corrected chi connectivity index (χ4v) is 1.37. The molecule has 2 N–H and O–H groups in total. The molecule has 1 rings (SSSR count). The van der Waals surface area contributed by atoms with Crippen LogP contribution < -0.4 is 10.9 Å².